The van der Waals surface area contributed by atoms with Gasteiger partial charge in [-0.25, -0.2) is 9.78 Å². The molecule has 0 saturated carbocycles. The molecular formula is C10H18N4O2. The zero-order chi connectivity index (χ0) is 12.1. The highest BCUT2D eigenvalue weighted by molar-refractivity contribution is 5.84. The van der Waals surface area contributed by atoms with Gasteiger partial charge in [0.1, 0.15) is 5.82 Å². The van der Waals surface area contributed by atoms with Gasteiger partial charge in [0.2, 0.25) is 0 Å². The van der Waals surface area contributed by atoms with Crippen molar-refractivity contribution in [2.45, 2.75) is 33.2 Å². The molecule has 0 aromatic carbocycles. The van der Waals surface area contributed by atoms with E-state index in [0.717, 1.165) is 6.42 Å². The third kappa shape index (κ3) is 2.79. The lowest BCUT2D eigenvalue weighted by Gasteiger charge is -2.14. The quantitative estimate of drug-likeness (QED) is 0.731. The fourth-order valence-electron chi connectivity index (χ4n) is 1.23. The second-order valence-electron chi connectivity index (χ2n) is 3.68. The van der Waals surface area contributed by atoms with Crippen LogP contribution in [0.3, 0.4) is 0 Å². The maximum atomic E-state index is 11.3. The molecule has 0 fully saturated rings. The summed E-state index contributed by atoms with van der Waals surface area (Å²) in [6.45, 7) is 6.11. The molecule has 0 aliphatic heterocycles. The number of nitrogens with two attached hydrogens (primary N) is 1. The minimum absolute atomic E-state index is 0.0376. The Hall–Kier alpha value is -1.43. The number of ether oxygens (including phenoxy) is 1. The molecule has 0 spiro atoms. The van der Waals surface area contributed by atoms with Crippen LogP contribution in [0.15, 0.2) is 0 Å². The number of hydrogen-bond acceptors (Lipinski definition) is 5. The summed E-state index contributed by atoms with van der Waals surface area (Å²) in [4.78, 5) is 15.3. The van der Waals surface area contributed by atoms with E-state index in [0.29, 0.717) is 12.4 Å². The highest BCUT2D eigenvalue weighted by atomic mass is 16.5. The summed E-state index contributed by atoms with van der Waals surface area (Å²) in [5, 5.41) is 6.45. The molecule has 1 aromatic heterocycles. The Morgan fingerprint density at radius 1 is 1.56 bits per heavy atom. The number of hydrogen-bond donors (Lipinski definition) is 2. The van der Waals surface area contributed by atoms with Gasteiger partial charge in [0.15, 0.2) is 0 Å². The molecule has 0 aliphatic carbocycles. The fourth-order valence-corrected chi connectivity index (χ4v) is 1.23. The van der Waals surface area contributed by atoms with Crippen LogP contribution in [-0.2, 0) is 4.74 Å². The molecule has 1 aromatic rings. The van der Waals surface area contributed by atoms with Crippen LogP contribution in [0.4, 0.5) is 0 Å². The lowest BCUT2D eigenvalue weighted by atomic mass is 10.00. The van der Waals surface area contributed by atoms with Gasteiger partial charge in [-0.05, 0) is 12.8 Å². The smallest absolute Gasteiger partial charge is 0.378 e. The Balaban J connectivity index is 2.74. The number of nitrogens with zero attached hydrogens (tertiary/aromatic N) is 2. The van der Waals surface area contributed by atoms with E-state index in [2.05, 4.69) is 15.2 Å². The first-order chi connectivity index (χ1) is 7.60. The molecular weight excluding hydrogens is 208 g/mol. The molecule has 3 N–H and O–H groups in total. The molecule has 0 amide bonds. The predicted molar refractivity (Wildman–Crippen MR) is 58.7 cm³/mol. The molecule has 2 unspecified atom stereocenters. The summed E-state index contributed by atoms with van der Waals surface area (Å²) in [6, 6.07) is -0.235. The van der Waals surface area contributed by atoms with Crippen molar-refractivity contribution < 1.29 is 9.53 Å². The minimum atomic E-state index is -0.527. The van der Waals surface area contributed by atoms with Crippen molar-refractivity contribution in [1.29, 1.82) is 0 Å². The number of carbonyl (C=O) groups is 1. The van der Waals surface area contributed by atoms with Crippen molar-refractivity contribution >= 4 is 5.97 Å². The van der Waals surface area contributed by atoms with E-state index in [1.165, 1.54) is 0 Å². The average Bonchev–Trinajstić information content (AvgIpc) is 2.76. The van der Waals surface area contributed by atoms with Gasteiger partial charge in [-0.15, -0.1) is 5.10 Å². The highest BCUT2D eigenvalue weighted by Gasteiger charge is 2.20. The summed E-state index contributed by atoms with van der Waals surface area (Å²) in [6.07, 6.45) is 0.941. The SMILES string of the molecule is CCOC(=O)c1n[nH]c(C(N)C(C)CC)n1. The second-order valence-corrected chi connectivity index (χ2v) is 3.68. The summed E-state index contributed by atoms with van der Waals surface area (Å²) >= 11 is 0. The van der Waals surface area contributed by atoms with E-state index in [1.807, 2.05) is 13.8 Å². The molecule has 1 rings (SSSR count). The van der Waals surface area contributed by atoms with Crippen LogP contribution >= 0.6 is 0 Å². The van der Waals surface area contributed by atoms with Crippen molar-refractivity contribution in [3.63, 3.8) is 0 Å². The highest BCUT2D eigenvalue weighted by Crippen LogP contribution is 2.18. The van der Waals surface area contributed by atoms with E-state index in [1.54, 1.807) is 6.92 Å². The van der Waals surface area contributed by atoms with Gasteiger partial charge in [-0.2, -0.15) is 0 Å². The van der Waals surface area contributed by atoms with E-state index < -0.39 is 5.97 Å². The molecule has 1 heterocycles. The summed E-state index contributed by atoms with van der Waals surface area (Å²) in [5.74, 6) is 0.317. The Morgan fingerprint density at radius 2 is 2.25 bits per heavy atom. The standard InChI is InChI=1S/C10H18N4O2/c1-4-6(3)7(11)8-12-9(14-13-8)10(15)16-5-2/h6-7H,4-5,11H2,1-3H3,(H,12,13,14). The van der Waals surface area contributed by atoms with Gasteiger partial charge in [-0.3, -0.25) is 5.10 Å². The van der Waals surface area contributed by atoms with E-state index in [-0.39, 0.29) is 17.8 Å². The Morgan fingerprint density at radius 3 is 2.81 bits per heavy atom. The van der Waals surface area contributed by atoms with Crippen LogP contribution in [0.2, 0.25) is 0 Å². The van der Waals surface area contributed by atoms with E-state index in [9.17, 15) is 4.79 Å². The van der Waals surface area contributed by atoms with E-state index in [4.69, 9.17) is 10.5 Å². The first-order valence-electron chi connectivity index (χ1n) is 5.45. The van der Waals surface area contributed by atoms with Gasteiger partial charge in [0, 0.05) is 0 Å². The monoisotopic (exact) mass is 226 g/mol. The molecule has 6 nitrogen and oxygen atoms in total. The third-order valence-corrected chi connectivity index (χ3v) is 2.53. The number of nitrogens with one attached hydrogen (secondary N) is 1. The zero-order valence-electron chi connectivity index (χ0n) is 9.86. The number of aromatic nitrogens is 3. The van der Waals surface area contributed by atoms with Crippen LogP contribution < -0.4 is 5.73 Å². The third-order valence-electron chi connectivity index (χ3n) is 2.53. The normalized spacial score (nSPS) is 14.5. The zero-order valence-corrected chi connectivity index (χ0v) is 9.86. The van der Waals surface area contributed by atoms with Gasteiger partial charge in [0.25, 0.3) is 5.82 Å². The number of carbonyl (C=O) groups excluding carboxylic acids is 1. The van der Waals surface area contributed by atoms with Crippen LogP contribution in [0.5, 0.6) is 0 Å². The van der Waals surface area contributed by atoms with Gasteiger partial charge in [-0.1, -0.05) is 20.3 Å². The largest absolute Gasteiger partial charge is 0.460 e. The summed E-state index contributed by atoms with van der Waals surface area (Å²) in [7, 11) is 0. The van der Waals surface area contributed by atoms with E-state index >= 15 is 0 Å². The van der Waals surface area contributed by atoms with Crippen LogP contribution in [-0.4, -0.2) is 27.8 Å². The molecule has 2 atom stereocenters. The van der Waals surface area contributed by atoms with Crippen molar-refractivity contribution in [3.05, 3.63) is 11.6 Å². The van der Waals surface area contributed by atoms with Crippen molar-refractivity contribution in [2.24, 2.45) is 11.7 Å². The lowest BCUT2D eigenvalue weighted by molar-refractivity contribution is 0.0512. The van der Waals surface area contributed by atoms with Crippen LogP contribution in [0.1, 0.15) is 49.7 Å². The fraction of sp³-hybridized carbons (Fsp3) is 0.700. The lowest BCUT2D eigenvalue weighted by Crippen LogP contribution is -2.20. The second kappa shape index (κ2) is 5.60. The maximum absolute atomic E-state index is 11.3. The number of aromatic amines is 1. The van der Waals surface area contributed by atoms with Crippen molar-refractivity contribution in [1.82, 2.24) is 15.2 Å². The Kier molecular flexibility index (Phi) is 4.42. The van der Waals surface area contributed by atoms with Crippen molar-refractivity contribution in [2.75, 3.05) is 6.61 Å². The van der Waals surface area contributed by atoms with Gasteiger partial charge in [0.05, 0.1) is 12.6 Å². The number of rotatable bonds is 5. The summed E-state index contributed by atoms with van der Waals surface area (Å²) < 4.78 is 4.78. The van der Waals surface area contributed by atoms with Crippen LogP contribution in [0.25, 0.3) is 0 Å². The van der Waals surface area contributed by atoms with Gasteiger partial charge < -0.3 is 10.5 Å². The molecule has 6 heteroatoms. The van der Waals surface area contributed by atoms with Crippen LogP contribution in [0, 0.1) is 5.92 Å². The molecule has 0 aliphatic rings. The predicted octanol–water partition coefficient (Wildman–Crippen LogP) is 1.03. The Bertz CT molecular complexity index is 350. The minimum Gasteiger partial charge on any atom is -0.460 e. The molecule has 16 heavy (non-hydrogen) atoms. The number of esters is 1. The summed E-state index contributed by atoms with van der Waals surface area (Å²) in [5.41, 5.74) is 5.95. The average molecular weight is 226 g/mol. The van der Waals surface area contributed by atoms with Crippen molar-refractivity contribution in [3.8, 4) is 0 Å². The maximum Gasteiger partial charge on any atom is 0.378 e. The first kappa shape index (κ1) is 12.6. The molecule has 0 radical (unpaired) electrons. The molecule has 0 bridgehead atoms. The Labute approximate surface area is 94.6 Å². The molecule has 0 saturated heterocycles. The van der Waals surface area contributed by atoms with Gasteiger partial charge >= 0.3 is 5.97 Å². The topological polar surface area (TPSA) is 93.9 Å². The first-order valence-corrected chi connectivity index (χ1v) is 5.45. The number of H-pyrrole nitrogens is 1. The molecule has 90 valence electrons.